The maximum absolute atomic E-state index is 12.9. The summed E-state index contributed by atoms with van der Waals surface area (Å²) in [6.45, 7) is 3.30. The van der Waals surface area contributed by atoms with Crippen molar-refractivity contribution in [3.63, 3.8) is 0 Å². The molecule has 1 aromatic carbocycles. The van der Waals surface area contributed by atoms with Gasteiger partial charge in [-0.05, 0) is 19.5 Å². The maximum Gasteiger partial charge on any atom is 0.357 e. The molecule has 7 heteroatoms. The van der Waals surface area contributed by atoms with E-state index in [0.29, 0.717) is 31.6 Å². The smallest absolute Gasteiger partial charge is 0.357 e. The molecular formula is C20H25N3O4. The Labute approximate surface area is 158 Å². The van der Waals surface area contributed by atoms with E-state index in [4.69, 9.17) is 9.47 Å². The van der Waals surface area contributed by atoms with Crippen molar-refractivity contribution in [2.24, 2.45) is 0 Å². The van der Waals surface area contributed by atoms with Crippen molar-refractivity contribution in [2.75, 3.05) is 27.2 Å². The van der Waals surface area contributed by atoms with Crippen LogP contribution in [0.4, 0.5) is 0 Å². The molecular weight excluding hydrogens is 346 g/mol. The van der Waals surface area contributed by atoms with Gasteiger partial charge in [0.2, 0.25) is 5.60 Å². The summed E-state index contributed by atoms with van der Waals surface area (Å²) in [6, 6.07) is 9.73. The summed E-state index contributed by atoms with van der Waals surface area (Å²) in [5.41, 5.74) is 0.115. The number of ether oxygens (including phenoxy) is 2. The normalized spacial score (nSPS) is 17.9. The first-order valence-electron chi connectivity index (χ1n) is 9.04. The molecule has 1 aromatic heterocycles. The minimum Gasteiger partial charge on any atom is -0.466 e. The Morgan fingerprint density at radius 2 is 1.85 bits per heavy atom. The lowest BCUT2D eigenvalue weighted by atomic mass is 9.91. The van der Waals surface area contributed by atoms with Gasteiger partial charge in [0.25, 0.3) is 0 Å². The number of benzene rings is 1. The topological polar surface area (TPSA) is 73.7 Å². The van der Waals surface area contributed by atoms with Gasteiger partial charge in [0.15, 0.2) is 0 Å². The molecule has 1 fully saturated rings. The Balaban J connectivity index is 1.84. The molecule has 1 aliphatic rings. The van der Waals surface area contributed by atoms with Crippen LogP contribution in [0.1, 0.15) is 41.9 Å². The van der Waals surface area contributed by atoms with E-state index in [1.54, 1.807) is 10.9 Å². The fourth-order valence-corrected chi connectivity index (χ4v) is 3.41. The van der Waals surface area contributed by atoms with Gasteiger partial charge < -0.3 is 18.9 Å². The average molecular weight is 371 g/mol. The molecule has 2 heterocycles. The zero-order valence-corrected chi connectivity index (χ0v) is 15.9. The highest BCUT2D eigenvalue weighted by Crippen LogP contribution is 2.29. The van der Waals surface area contributed by atoms with Crippen molar-refractivity contribution in [1.82, 2.24) is 14.5 Å². The highest BCUT2D eigenvalue weighted by molar-refractivity contribution is 5.91. The Bertz CT molecular complexity index is 795. The van der Waals surface area contributed by atoms with E-state index in [1.807, 2.05) is 44.3 Å². The van der Waals surface area contributed by atoms with Gasteiger partial charge >= 0.3 is 11.9 Å². The lowest BCUT2D eigenvalue weighted by Crippen LogP contribution is -2.52. The van der Waals surface area contributed by atoms with Gasteiger partial charge in [-0.15, -0.1) is 0 Å². The van der Waals surface area contributed by atoms with E-state index < -0.39 is 17.5 Å². The predicted octanol–water partition coefficient (Wildman–Crippen LogP) is 2.29. The molecule has 1 unspecified atom stereocenters. The number of esters is 2. The molecule has 0 aliphatic carbocycles. The van der Waals surface area contributed by atoms with E-state index in [-0.39, 0.29) is 6.04 Å². The molecule has 0 amide bonds. The fraction of sp³-hybridized carbons (Fsp3) is 0.450. The number of hydrogen-bond donors (Lipinski definition) is 0. The van der Waals surface area contributed by atoms with Crippen molar-refractivity contribution >= 4 is 11.9 Å². The van der Waals surface area contributed by atoms with Crippen molar-refractivity contribution in [3.05, 3.63) is 54.1 Å². The third-order valence-corrected chi connectivity index (χ3v) is 5.21. The Hall–Kier alpha value is -2.67. The van der Waals surface area contributed by atoms with Gasteiger partial charge in [0.05, 0.1) is 25.7 Å². The minimum absolute atomic E-state index is 0.0946. The molecule has 1 saturated heterocycles. The SMILES string of the molecule is COC(=O)C1(OC(=O)c2cncn2C(C)c2ccccc2)CCN(C)CC1. The summed E-state index contributed by atoms with van der Waals surface area (Å²) in [5.74, 6) is -1.07. The van der Waals surface area contributed by atoms with Crippen LogP contribution < -0.4 is 0 Å². The Kier molecular flexibility index (Phi) is 5.60. The van der Waals surface area contributed by atoms with E-state index in [1.165, 1.54) is 13.3 Å². The lowest BCUT2D eigenvalue weighted by Gasteiger charge is -2.37. The van der Waals surface area contributed by atoms with Gasteiger partial charge in [-0.25, -0.2) is 14.6 Å². The van der Waals surface area contributed by atoms with Crippen LogP contribution in [-0.4, -0.2) is 59.2 Å². The number of methoxy groups -OCH3 is 1. The Morgan fingerprint density at radius 3 is 2.48 bits per heavy atom. The average Bonchev–Trinajstić information content (AvgIpc) is 3.19. The summed E-state index contributed by atoms with van der Waals surface area (Å²) >= 11 is 0. The Morgan fingerprint density at radius 1 is 1.19 bits per heavy atom. The van der Waals surface area contributed by atoms with Crippen LogP contribution >= 0.6 is 0 Å². The molecule has 7 nitrogen and oxygen atoms in total. The van der Waals surface area contributed by atoms with Crippen LogP contribution in [0.5, 0.6) is 0 Å². The van der Waals surface area contributed by atoms with Gasteiger partial charge in [-0.1, -0.05) is 30.3 Å². The third kappa shape index (κ3) is 3.88. The van der Waals surface area contributed by atoms with Crippen LogP contribution in [-0.2, 0) is 14.3 Å². The molecule has 0 spiro atoms. The van der Waals surface area contributed by atoms with Crippen molar-refractivity contribution < 1.29 is 19.1 Å². The summed E-state index contributed by atoms with van der Waals surface area (Å²) in [6.07, 6.45) is 3.89. The number of imidazole rings is 1. The number of carbonyl (C=O) groups excluding carboxylic acids is 2. The second-order valence-electron chi connectivity index (χ2n) is 6.95. The molecule has 2 aromatic rings. The van der Waals surface area contributed by atoms with Gasteiger partial charge in [0, 0.05) is 25.9 Å². The maximum atomic E-state index is 12.9. The highest BCUT2D eigenvalue weighted by atomic mass is 16.6. The van der Waals surface area contributed by atoms with Crippen LogP contribution in [0.15, 0.2) is 42.9 Å². The lowest BCUT2D eigenvalue weighted by molar-refractivity contribution is -0.168. The highest BCUT2D eigenvalue weighted by Gasteiger charge is 2.46. The minimum atomic E-state index is -1.25. The monoisotopic (exact) mass is 371 g/mol. The molecule has 0 bridgehead atoms. The first kappa shape index (κ1) is 19.1. The number of likely N-dealkylation sites (tertiary alicyclic amines) is 1. The van der Waals surface area contributed by atoms with E-state index in [9.17, 15) is 9.59 Å². The molecule has 3 rings (SSSR count). The van der Waals surface area contributed by atoms with Crippen molar-refractivity contribution in [2.45, 2.75) is 31.4 Å². The summed E-state index contributed by atoms with van der Waals surface area (Å²) in [4.78, 5) is 31.5. The first-order valence-corrected chi connectivity index (χ1v) is 9.04. The van der Waals surface area contributed by atoms with Crippen molar-refractivity contribution in [1.29, 1.82) is 0 Å². The zero-order chi connectivity index (χ0) is 19.4. The van der Waals surface area contributed by atoms with Crippen LogP contribution in [0.25, 0.3) is 0 Å². The number of hydrogen-bond acceptors (Lipinski definition) is 6. The van der Waals surface area contributed by atoms with Crippen LogP contribution in [0.3, 0.4) is 0 Å². The molecule has 0 radical (unpaired) electrons. The fourth-order valence-electron chi connectivity index (χ4n) is 3.41. The summed E-state index contributed by atoms with van der Waals surface area (Å²) in [5, 5.41) is 0. The van der Waals surface area contributed by atoms with Gasteiger partial charge in [-0.2, -0.15) is 0 Å². The van der Waals surface area contributed by atoms with Gasteiger partial charge in [-0.3, -0.25) is 0 Å². The molecule has 1 atom stereocenters. The number of rotatable bonds is 5. The van der Waals surface area contributed by atoms with Crippen LogP contribution in [0, 0.1) is 0 Å². The second kappa shape index (κ2) is 7.92. The second-order valence-corrected chi connectivity index (χ2v) is 6.95. The number of piperidine rings is 1. The van der Waals surface area contributed by atoms with E-state index in [0.717, 1.165) is 5.56 Å². The quantitative estimate of drug-likeness (QED) is 0.751. The zero-order valence-electron chi connectivity index (χ0n) is 15.9. The van der Waals surface area contributed by atoms with Crippen molar-refractivity contribution in [3.8, 4) is 0 Å². The molecule has 0 saturated carbocycles. The predicted molar refractivity (Wildman–Crippen MR) is 99.4 cm³/mol. The number of aromatic nitrogens is 2. The molecule has 27 heavy (non-hydrogen) atoms. The standard InChI is InChI=1S/C20H25N3O4/c1-15(16-7-5-4-6-8-16)23-14-21-13-17(23)18(24)27-20(19(25)26-3)9-11-22(2)12-10-20/h4-8,13-15H,9-12H2,1-3H3. The van der Waals surface area contributed by atoms with E-state index >= 15 is 0 Å². The van der Waals surface area contributed by atoms with E-state index in [2.05, 4.69) is 9.88 Å². The number of carbonyl (C=O) groups is 2. The largest absolute Gasteiger partial charge is 0.466 e. The summed E-state index contributed by atoms with van der Waals surface area (Å²) in [7, 11) is 3.29. The molecule has 0 N–H and O–H groups in total. The van der Waals surface area contributed by atoms with Crippen LogP contribution in [0.2, 0.25) is 0 Å². The summed E-state index contributed by atoms with van der Waals surface area (Å²) < 4.78 is 12.4. The molecule has 1 aliphatic heterocycles. The van der Waals surface area contributed by atoms with Gasteiger partial charge in [0.1, 0.15) is 5.69 Å². The molecule has 144 valence electrons. The third-order valence-electron chi connectivity index (χ3n) is 5.21. The number of nitrogens with zero attached hydrogens (tertiary/aromatic N) is 3. The first-order chi connectivity index (χ1) is 13.0.